The summed E-state index contributed by atoms with van der Waals surface area (Å²) in [7, 11) is -3.56. The van der Waals surface area contributed by atoms with Gasteiger partial charge >= 0.3 is 10.2 Å². The topological polar surface area (TPSA) is 84.5 Å². The number of hydrogen-bond donors (Lipinski definition) is 2. The first kappa shape index (κ1) is 8.55. The van der Waals surface area contributed by atoms with Crippen molar-refractivity contribution in [2.75, 3.05) is 0 Å². The standard InChI is InChI=1S/C7H11N3O2S/c8-7-4-6(5-2-1-3-5)9-13(11,12)10-7/h4-5,9H,1-3H2,(H2,8,10). The Bertz CT molecular complexity index is 379. The Balaban J connectivity index is 2.26. The quantitative estimate of drug-likeness (QED) is 0.620. The molecule has 2 aliphatic rings. The number of rotatable bonds is 1. The van der Waals surface area contributed by atoms with E-state index in [2.05, 4.69) is 9.12 Å². The molecular formula is C7H11N3O2S. The summed E-state index contributed by atoms with van der Waals surface area (Å²) in [5.41, 5.74) is 6.07. The molecule has 5 nitrogen and oxygen atoms in total. The van der Waals surface area contributed by atoms with Crippen LogP contribution in [0.25, 0.3) is 0 Å². The highest BCUT2D eigenvalue weighted by molar-refractivity contribution is 7.88. The molecule has 0 aromatic rings. The predicted molar refractivity (Wildman–Crippen MR) is 49.1 cm³/mol. The molecule has 2 rings (SSSR count). The summed E-state index contributed by atoms with van der Waals surface area (Å²) in [6, 6.07) is 0. The Kier molecular flexibility index (Phi) is 1.80. The van der Waals surface area contributed by atoms with Gasteiger partial charge in [-0.25, -0.2) is 0 Å². The lowest BCUT2D eigenvalue weighted by Gasteiger charge is -2.29. The minimum absolute atomic E-state index is 0.0700. The van der Waals surface area contributed by atoms with Crippen LogP contribution in [0.3, 0.4) is 0 Å². The highest BCUT2D eigenvalue weighted by atomic mass is 32.2. The molecule has 0 unspecified atom stereocenters. The van der Waals surface area contributed by atoms with Gasteiger partial charge in [0, 0.05) is 11.8 Å². The summed E-state index contributed by atoms with van der Waals surface area (Å²) >= 11 is 0. The van der Waals surface area contributed by atoms with E-state index in [0.29, 0.717) is 11.6 Å². The van der Waals surface area contributed by atoms with E-state index < -0.39 is 10.2 Å². The largest absolute Gasteiger partial charge is 0.383 e. The molecule has 6 heteroatoms. The fourth-order valence-corrected chi connectivity index (χ4v) is 2.35. The molecule has 0 spiro atoms. The second-order valence-electron chi connectivity index (χ2n) is 3.32. The van der Waals surface area contributed by atoms with Gasteiger partial charge in [-0.15, -0.1) is 4.40 Å². The van der Waals surface area contributed by atoms with Gasteiger partial charge in [-0.3, -0.25) is 4.72 Å². The fraction of sp³-hybridized carbons (Fsp3) is 0.571. The maximum absolute atomic E-state index is 11.1. The number of hydrogen-bond acceptors (Lipinski definition) is 3. The minimum atomic E-state index is -3.56. The minimum Gasteiger partial charge on any atom is -0.383 e. The lowest BCUT2D eigenvalue weighted by Crippen LogP contribution is -2.34. The fourth-order valence-electron chi connectivity index (χ4n) is 1.45. The summed E-state index contributed by atoms with van der Waals surface area (Å²) in [5, 5.41) is 0. The summed E-state index contributed by atoms with van der Waals surface area (Å²) in [5.74, 6) is 0.393. The normalized spacial score (nSPS) is 26.8. The van der Waals surface area contributed by atoms with Gasteiger partial charge in [-0.2, -0.15) is 8.42 Å². The van der Waals surface area contributed by atoms with Crippen molar-refractivity contribution >= 4 is 16.0 Å². The molecule has 0 bridgehead atoms. The van der Waals surface area contributed by atoms with E-state index in [4.69, 9.17) is 5.73 Å². The van der Waals surface area contributed by atoms with Crippen molar-refractivity contribution in [3.8, 4) is 0 Å². The van der Waals surface area contributed by atoms with Gasteiger partial charge in [0.2, 0.25) is 0 Å². The van der Waals surface area contributed by atoms with E-state index in [9.17, 15) is 8.42 Å². The van der Waals surface area contributed by atoms with Crippen LogP contribution in [0.2, 0.25) is 0 Å². The first-order chi connectivity index (χ1) is 6.07. The molecule has 0 radical (unpaired) electrons. The van der Waals surface area contributed by atoms with E-state index in [1.807, 2.05) is 0 Å². The zero-order valence-electron chi connectivity index (χ0n) is 7.03. The summed E-state index contributed by atoms with van der Waals surface area (Å²) in [4.78, 5) is 0. The van der Waals surface area contributed by atoms with Crippen molar-refractivity contribution in [3.05, 3.63) is 11.8 Å². The number of amidine groups is 1. The zero-order chi connectivity index (χ0) is 9.47. The summed E-state index contributed by atoms with van der Waals surface area (Å²) < 4.78 is 27.9. The molecule has 13 heavy (non-hydrogen) atoms. The molecule has 3 N–H and O–H groups in total. The van der Waals surface area contributed by atoms with E-state index in [-0.39, 0.29) is 5.84 Å². The Morgan fingerprint density at radius 3 is 2.69 bits per heavy atom. The molecule has 72 valence electrons. The predicted octanol–water partition coefficient (Wildman–Crippen LogP) is -0.124. The highest BCUT2D eigenvalue weighted by Gasteiger charge is 2.27. The van der Waals surface area contributed by atoms with Gasteiger partial charge in [-0.1, -0.05) is 6.42 Å². The third kappa shape index (κ3) is 1.67. The van der Waals surface area contributed by atoms with Crippen molar-refractivity contribution < 1.29 is 8.42 Å². The van der Waals surface area contributed by atoms with Gasteiger partial charge < -0.3 is 5.73 Å². The van der Waals surface area contributed by atoms with Gasteiger partial charge in [0.05, 0.1) is 0 Å². The molecule has 0 saturated heterocycles. The first-order valence-electron chi connectivity index (χ1n) is 4.16. The van der Waals surface area contributed by atoms with Gasteiger partial charge in [-0.05, 0) is 18.8 Å². The highest BCUT2D eigenvalue weighted by Crippen LogP contribution is 2.32. The maximum atomic E-state index is 11.1. The van der Waals surface area contributed by atoms with Crippen LogP contribution < -0.4 is 10.5 Å². The van der Waals surface area contributed by atoms with Gasteiger partial charge in [0.15, 0.2) is 0 Å². The van der Waals surface area contributed by atoms with Crippen LogP contribution in [0.15, 0.2) is 16.2 Å². The number of nitrogens with zero attached hydrogens (tertiary/aromatic N) is 1. The molecule has 0 amide bonds. The first-order valence-corrected chi connectivity index (χ1v) is 5.60. The van der Waals surface area contributed by atoms with E-state index in [1.165, 1.54) is 0 Å². The van der Waals surface area contributed by atoms with E-state index >= 15 is 0 Å². The lowest BCUT2D eigenvalue weighted by molar-refractivity contribution is 0.359. The molecule has 0 aromatic heterocycles. The molecule has 1 heterocycles. The average Bonchev–Trinajstić information content (AvgIpc) is 1.75. The summed E-state index contributed by atoms with van der Waals surface area (Å²) in [6.07, 6.45) is 4.81. The van der Waals surface area contributed by atoms with Crippen LogP contribution >= 0.6 is 0 Å². The van der Waals surface area contributed by atoms with Crippen LogP contribution in [0.4, 0.5) is 0 Å². The summed E-state index contributed by atoms with van der Waals surface area (Å²) in [6.45, 7) is 0. The monoisotopic (exact) mass is 201 g/mol. The molecule has 1 aliphatic heterocycles. The van der Waals surface area contributed by atoms with Crippen molar-refractivity contribution in [1.29, 1.82) is 0 Å². The van der Waals surface area contributed by atoms with Crippen LogP contribution in [-0.2, 0) is 10.2 Å². The Morgan fingerprint density at radius 1 is 1.54 bits per heavy atom. The average molecular weight is 201 g/mol. The Morgan fingerprint density at radius 2 is 2.23 bits per heavy atom. The van der Waals surface area contributed by atoms with Gasteiger partial charge in [0.25, 0.3) is 0 Å². The number of nitrogens with one attached hydrogen (secondary N) is 1. The number of allylic oxidation sites excluding steroid dienone is 1. The van der Waals surface area contributed by atoms with E-state index in [0.717, 1.165) is 19.3 Å². The van der Waals surface area contributed by atoms with Crippen molar-refractivity contribution in [2.24, 2.45) is 16.0 Å². The molecule has 0 aromatic carbocycles. The SMILES string of the molecule is NC1=NS(=O)(=O)NC(C2CCC2)=C1. The molecule has 1 saturated carbocycles. The Hall–Kier alpha value is -1.04. The lowest BCUT2D eigenvalue weighted by atomic mass is 9.83. The van der Waals surface area contributed by atoms with Crippen LogP contribution in [0, 0.1) is 5.92 Å². The van der Waals surface area contributed by atoms with E-state index in [1.54, 1.807) is 6.08 Å². The molecule has 1 aliphatic carbocycles. The second kappa shape index (κ2) is 2.73. The van der Waals surface area contributed by atoms with Crippen LogP contribution in [0.5, 0.6) is 0 Å². The zero-order valence-corrected chi connectivity index (χ0v) is 7.84. The number of nitrogens with two attached hydrogens (primary N) is 1. The van der Waals surface area contributed by atoms with Crippen molar-refractivity contribution in [2.45, 2.75) is 19.3 Å². The van der Waals surface area contributed by atoms with Crippen molar-refractivity contribution in [3.63, 3.8) is 0 Å². The van der Waals surface area contributed by atoms with Crippen LogP contribution in [0.1, 0.15) is 19.3 Å². The van der Waals surface area contributed by atoms with Crippen LogP contribution in [-0.4, -0.2) is 14.3 Å². The van der Waals surface area contributed by atoms with Crippen molar-refractivity contribution in [1.82, 2.24) is 4.72 Å². The molecule has 0 atom stereocenters. The Labute approximate surface area is 76.9 Å². The maximum Gasteiger partial charge on any atom is 0.343 e. The molecule has 1 fully saturated rings. The molecular weight excluding hydrogens is 190 g/mol. The third-order valence-corrected chi connectivity index (χ3v) is 3.27. The third-order valence-electron chi connectivity index (χ3n) is 2.32. The smallest absolute Gasteiger partial charge is 0.343 e. The van der Waals surface area contributed by atoms with Gasteiger partial charge in [0.1, 0.15) is 5.84 Å². The second-order valence-corrected chi connectivity index (χ2v) is 4.66.